The first kappa shape index (κ1) is 22.2. The van der Waals surface area contributed by atoms with Crippen LogP contribution in [0.5, 0.6) is 0 Å². The molecule has 7 heteroatoms. The van der Waals surface area contributed by atoms with E-state index in [-0.39, 0.29) is 30.2 Å². The van der Waals surface area contributed by atoms with Crippen molar-refractivity contribution in [1.29, 1.82) is 0 Å². The fraction of sp³-hybridized carbons (Fsp3) is 0.391. The maximum Gasteiger partial charge on any atom is 0.247 e. The zero-order chi connectivity index (χ0) is 21.5. The number of amides is 2. The van der Waals surface area contributed by atoms with Crippen LogP contribution in [0.1, 0.15) is 49.3 Å². The number of alkyl halides is 1. The van der Waals surface area contributed by atoms with E-state index in [2.05, 4.69) is 5.32 Å². The molecule has 1 saturated carbocycles. The van der Waals surface area contributed by atoms with E-state index >= 15 is 0 Å². The van der Waals surface area contributed by atoms with E-state index in [4.69, 9.17) is 11.6 Å². The lowest BCUT2D eigenvalue weighted by Crippen LogP contribution is -2.47. The third-order valence-electron chi connectivity index (χ3n) is 5.40. The molecule has 1 aliphatic rings. The highest BCUT2D eigenvalue weighted by molar-refractivity contribution is 6.27. The number of nitrogens with zero attached hydrogens (tertiary/aromatic N) is 1. The fourth-order valence-electron chi connectivity index (χ4n) is 3.83. The topological polar surface area (TPSA) is 49.4 Å². The van der Waals surface area contributed by atoms with Gasteiger partial charge in [0.05, 0.1) is 0 Å². The van der Waals surface area contributed by atoms with Gasteiger partial charge in [-0.25, -0.2) is 8.78 Å². The Labute approximate surface area is 180 Å². The lowest BCUT2D eigenvalue weighted by atomic mass is 9.94. The normalized spacial score (nSPS) is 15.4. The number of halogens is 3. The molecule has 30 heavy (non-hydrogen) atoms. The summed E-state index contributed by atoms with van der Waals surface area (Å²) in [6.07, 6.45) is 5.03. The standard InChI is InChI=1S/C23H25ClF2N2O2/c24-14-21(29)28(15-16-6-10-18(25)11-7-16)22(17-8-12-19(26)13-9-17)23(30)27-20-4-2-1-3-5-20/h6-13,20,22H,1-5,14-15H2,(H,27,30). The molecule has 2 aromatic carbocycles. The van der Waals surface area contributed by atoms with Crippen molar-refractivity contribution in [3.63, 3.8) is 0 Å². The minimum atomic E-state index is -0.969. The number of carbonyl (C=O) groups excluding carboxylic acids is 2. The van der Waals surface area contributed by atoms with Gasteiger partial charge < -0.3 is 10.2 Å². The number of rotatable bonds is 7. The van der Waals surface area contributed by atoms with E-state index in [0.717, 1.165) is 32.1 Å². The van der Waals surface area contributed by atoms with Crippen molar-refractivity contribution in [2.24, 2.45) is 0 Å². The number of benzene rings is 2. The van der Waals surface area contributed by atoms with Gasteiger partial charge >= 0.3 is 0 Å². The van der Waals surface area contributed by atoms with Crippen LogP contribution in [0, 0.1) is 11.6 Å². The van der Waals surface area contributed by atoms with Crippen LogP contribution in [-0.4, -0.2) is 28.6 Å². The van der Waals surface area contributed by atoms with E-state index in [1.165, 1.54) is 41.3 Å². The molecule has 0 spiro atoms. The number of hydrogen-bond acceptors (Lipinski definition) is 2. The van der Waals surface area contributed by atoms with E-state index in [9.17, 15) is 18.4 Å². The van der Waals surface area contributed by atoms with Gasteiger partial charge in [0.25, 0.3) is 0 Å². The summed E-state index contributed by atoms with van der Waals surface area (Å²) in [7, 11) is 0. The zero-order valence-corrected chi connectivity index (χ0v) is 17.4. The lowest BCUT2D eigenvalue weighted by Gasteiger charge is -2.33. The third-order valence-corrected chi connectivity index (χ3v) is 5.63. The summed E-state index contributed by atoms with van der Waals surface area (Å²) in [4.78, 5) is 27.4. The second-order valence-electron chi connectivity index (χ2n) is 7.58. The Kier molecular flexibility index (Phi) is 7.80. The van der Waals surface area contributed by atoms with Crippen LogP contribution in [-0.2, 0) is 16.1 Å². The molecule has 0 saturated heterocycles. The molecule has 2 aromatic rings. The van der Waals surface area contributed by atoms with Crippen LogP contribution in [0.3, 0.4) is 0 Å². The third kappa shape index (κ3) is 5.79. The molecular weight excluding hydrogens is 410 g/mol. The molecule has 1 atom stereocenters. The molecule has 0 aromatic heterocycles. The van der Waals surface area contributed by atoms with E-state index in [1.807, 2.05) is 0 Å². The average molecular weight is 435 g/mol. The Balaban J connectivity index is 1.92. The van der Waals surface area contributed by atoms with Crippen LogP contribution in [0.15, 0.2) is 48.5 Å². The summed E-state index contributed by atoms with van der Waals surface area (Å²) in [6.45, 7) is 0.0754. The van der Waals surface area contributed by atoms with Crippen molar-refractivity contribution >= 4 is 23.4 Å². The zero-order valence-electron chi connectivity index (χ0n) is 16.6. The van der Waals surface area contributed by atoms with Crippen LogP contribution < -0.4 is 5.32 Å². The molecule has 3 rings (SSSR count). The molecule has 2 amide bonds. The maximum atomic E-state index is 13.5. The first-order valence-corrected chi connectivity index (χ1v) is 10.7. The van der Waals surface area contributed by atoms with Gasteiger partial charge in [-0.1, -0.05) is 43.5 Å². The number of hydrogen-bond donors (Lipinski definition) is 1. The average Bonchev–Trinajstić information content (AvgIpc) is 2.76. The van der Waals surface area contributed by atoms with Crippen LogP contribution in [0.2, 0.25) is 0 Å². The number of nitrogens with one attached hydrogen (secondary N) is 1. The van der Waals surface area contributed by atoms with Crippen molar-refractivity contribution in [2.45, 2.75) is 50.7 Å². The van der Waals surface area contributed by atoms with Gasteiger partial charge in [0.1, 0.15) is 23.6 Å². The summed E-state index contributed by atoms with van der Waals surface area (Å²) in [5.41, 5.74) is 1.15. The molecule has 4 nitrogen and oxygen atoms in total. The van der Waals surface area contributed by atoms with Crippen LogP contribution in [0.4, 0.5) is 8.78 Å². The predicted molar refractivity (Wildman–Crippen MR) is 112 cm³/mol. The monoisotopic (exact) mass is 434 g/mol. The minimum Gasteiger partial charge on any atom is -0.351 e. The van der Waals surface area contributed by atoms with Crippen LogP contribution >= 0.6 is 11.6 Å². The Morgan fingerprint density at radius 2 is 1.53 bits per heavy atom. The smallest absolute Gasteiger partial charge is 0.247 e. The minimum absolute atomic E-state index is 0.0490. The Morgan fingerprint density at radius 3 is 2.10 bits per heavy atom. The Bertz CT molecular complexity index is 853. The van der Waals surface area contributed by atoms with Crippen molar-refractivity contribution in [3.8, 4) is 0 Å². The van der Waals surface area contributed by atoms with Gasteiger partial charge in [0.2, 0.25) is 11.8 Å². The molecule has 1 unspecified atom stereocenters. The van der Waals surface area contributed by atoms with E-state index < -0.39 is 17.8 Å². The predicted octanol–water partition coefficient (Wildman–Crippen LogP) is 4.72. The molecule has 1 fully saturated rings. The second-order valence-corrected chi connectivity index (χ2v) is 7.85. The molecule has 160 valence electrons. The van der Waals surface area contributed by atoms with Gasteiger partial charge in [-0.2, -0.15) is 0 Å². The summed E-state index contributed by atoms with van der Waals surface area (Å²) in [5.74, 6) is -1.89. The highest BCUT2D eigenvalue weighted by Gasteiger charge is 2.32. The highest BCUT2D eigenvalue weighted by atomic mass is 35.5. The van der Waals surface area contributed by atoms with Crippen molar-refractivity contribution in [2.75, 3.05) is 5.88 Å². The van der Waals surface area contributed by atoms with Gasteiger partial charge in [-0.05, 0) is 48.2 Å². The first-order chi connectivity index (χ1) is 14.5. The highest BCUT2D eigenvalue weighted by Crippen LogP contribution is 2.26. The lowest BCUT2D eigenvalue weighted by molar-refractivity contribution is -0.140. The second kappa shape index (κ2) is 10.5. The largest absolute Gasteiger partial charge is 0.351 e. The first-order valence-electron chi connectivity index (χ1n) is 10.1. The van der Waals surface area contributed by atoms with Crippen molar-refractivity contribution in [3.05, 3.63) is 71.3 Å². The summed E-state index contributed by atoms with van der Waals surface area (Å²) < 4.78 is 26.8. The van der Waals surface area contributed by atoms with Gasteiger partial charge in [-0.3, -0.25) is 9.59 Å². The Morgan fingerprint density at radius 1 is 0.967 bits per heavy atom. The number of carbonyl (C=O) groups is 2. The van der Waals surface area contributed by atoms with E-state index in [0.29, 0.717) is 11.1 Å². The van der Waals surface area contributed by atoms with Gasteiger partial charge in [0, 0.05) is 12.6 Å². The van der Waals surface area contributed by atoms with Crippen molar-refractivity contribution in [1.82, 2.24) is 10.2 Å². The quantitative estimate of drug-likeness (QED) is 0.641. The summed E-state index contributed by atoms with van der Waals surface area (Å²) in [5, 5.41) is 3.06. The molecule has 0 heterocycles. The van der Waals surface area contributed by atoms with Gasteiger partial charge in [-0.15, -0.1) is 11.6 Å². The molecule has 1 aliphatic carbocycles. The Hall–Kier alpha value is -2.47. The fourth-order valence-corrected chi connectivity index (χ4v) is 3.99. The molecule has 0 aliphatic heterocycles. The SMILES string of the molecule is O=C(NC1CCCCC1)C(c1ccc(F)cc1)N(Cc1ccc(F)cc1)C(=O)CCl. The van der Waals surface area contributed by atoms with Crippen LogP contribution in [0.25, 0.3) is 0 Å². The molecule has 0 bridgehead atoms. The van der Waals surface area contributed by atoms with Gasteiger partial charge in [0.15, 0.2) is 0 Å². The molecule has 1 N–H and O–H groups in total. The van der Waals surface area contributed by atoms with Crippen molar-refractivity contribution < 1.29 is 18.4 Å². The molecule has 0 radical (unpaired) electrons. The summed E-state index contributed by atoms with van der Waals surface area (Å²) >= 11 is 5.85. The summed E-state index contributed by atoms with van der Waals surface area (Å²) in [6, 6.07) is 10.3. The molecular formula is C23H25ClF2N2O2. The van der Waals surface area contributed by atoms with E-state index in [1.54, 1.807) is 12.1 Å². The maximum absolute atomic E-state index is 13.5.